The summed E-state index contributed by atoms with van der Waals surface area (Å²) in [4.78, 5) is 13.2. The molecule has 0 aromatic heterocycles. The summed E-state index contributed by atoms with van der Waals surface area (Å²) in [7, 11) is 1.44. The third kappa shape index (κ3) is 3.38. The molecule has 31 heavy (non-hydrogen) atoms. The zero-order valence-corrected chi connectivity index (χ0v) is 17.3. The van der Waals surface area contributed by atoms with E-state index in [1.54, 1.807) is 6.07 Å². The van der Waals surface area contributed by atoms with Crippen molar-refractivity contribution in [3.8, 4) is 28.4 Å². The van der Waals surface area contributed by atoms with Gasteiger partial charge in [0.15, 0.2) is 23.1 Å². The zero-order valence-electron chi connectivity index (χ0n) is 17.3. The molecule has 5 nitrogen and oxygen atoms in total. The molecule has 0 saturated heterocycles. The molecule has 2 aliphatic rings. The first-order valence-corrected chi connectivity index (χ1v) is 10.2. The lowest BCUT2D eigenvalue weighted by molar-refractivity contribution is -0.118. The van der Waals surface area contributed by atoms with Gasteiger partial charge in [0.2, 0.25) is 12.7 Å². The highest BCUT2D eigenvalue weighted by atomic mass is 19.1. The first kappa shape index (κ1) is 19.4. The molecule has 1 heterocycles. The molecule has 0 spiro atoms. The summed E-state index contributed by atoms with van der Waals surface area (Å²) in [5.41, 5.74) is 3.61. The quantitative estimate of drug-likeness (QED) is 0.617. The number of carbonyl (C=O) groups is 1. The van der Waals surface area contributed by atoms with Gasteiger partial charge in [-0.15, -0.1) is 0 Å². The van der Waals surface area contributed by atoms with E-state index in [0.29, 0.717) is 17.2 Å². The maximum atomic E-state index is 14.2. The van der Waals surface area contributed by atoms with Crippen molar-refractivity contribution < 1.29 is 23.4 Å². The van der Waals surface area contributed by atoms with E-state index in [4.69, 9.17) is 14.2 Å². The van der Waals surface area contributed by atoms with Crippen molar-refractivity contribution in [2.24, 2.45) is 0 Å². The molecule has 1 aliphatic heterocycles. The van der Waals surface area contributed by atoms with Crippen molar-refractivity contribution in [3.63, 3.8) is 0 Å². The van der Waals surface area contributed by atoms with Crippen LogP contribution in [0.2, 0.25) is 0 Å². The average Bonchev–Trinajstić information content (AvgIpc) is 3.46. The van der Waals surface area contributed by atoms with Gasteiger partial charge < -0.3 is 19.5 Å². The maximum Gasteiger partial charge on any atom is 0.235 e. The van der Waals surface area contributed by atoms with Crippen LogP contribution >= 0.6 is 0 Å². The van der Waals surface area contributed by atoms with Gasteiger partial charge in [-0.3, -0.25) is 4.79 Å². The third-order valence-corrected chi connectivity index (χ3v) is 6.07. The van der Waals surface area contributed by atoms with E-state index in [9.17, 15) is 9.18 Å². The van der Waals surface area contributed by atoms with Crippen molar-refractivity contribution in [3.05, 3.63) is 71.5 Å². The summed E-state index contributed by atoms with van der Waals surface area (Å²) < 4.78 is 30.1. The number of hydrogen-bond donors (Lipinski definition) is 1. The summed E-state index contributed by atoms with van der Waals surface area (Å²) in [6.45, 7) is 2.16. The number of ether oxygens (including phenoxy) is 3. The fourth-order valence-corrected chi connectivity index (χ4v) is 4.06. The largest absolute Gasteiger partial charge is 0.494 e. The van der Waals surface area contributed by atoms with Crippen LogP contribution in [0.4, 0.5) is 10.1 Å². The van der Waals surface area contributed by atoms with Gasteiger partial charge in [0.25, 0.3) is 0 Å². The molecule has 3 aromatic rings. The highest BCUT2D eigenvalue weighted by molar-refractivity contribution is 6.02. The topological polar surface area (TPSA) is 56.8 Å². The van der Waals surface area contributed by atoms with Crippen LogP contribution in [0.3, 0.4) is 0 Å². The minimum absolute atomic E-state index is 0.0536. The third-order valence-electron chi connectivity index (χ3n) is 6.07. The average molecular weight is 419 g/mol. The van der Waals surface area contributed by atoms with Gasteiger partial charge in [-0.25, -0.2) is 4.39 Å². The number of amides is 1. The number of carbonyl (C=O) groups excluding carboxylic acids is 1. The van der Waals surface area contributed by atoms with E-state index in [0.717, 1.165) is 35.1 Å². The fourth-order valence-electron chi connectivity index (χ4n) is 4.06. The van der Waals surface area contributed by atoms with Gasteiger partial charge in [-0.1, -0.05) is 18.2 Å². The van der Waals surface area contributed by atoms with E-state index in [1.165, 1.54) is 13.2 Å². The Hall–Kier alpha value is -3.54. The van der Waals surface area contributed by atoms with E-state index < -0.39 is 11.2 Å². The molecule has 0 bridgehead atoms. The molecule has 0 radical (unpaired) electrons. The maximum absolute atomic E-state index is 14.2. The summed E-state index contributed by atoms with van der Waals surface area (Å²) >= 11 is 0. The van der Waals surface area contributed by atoms with Crippen molar-refractivity contribution >= 4 is 11.6 Å². The van der Waals surface area contributed by atoms with Gasteiger partial charge in [0.1, 0.15) is 0 Å². The van der Waals surface area contributed by atoms with Crippen LogP contribution in [0.15, 0.2) is 54.6 Å². The number of methoxy groups -OCH3 is 1. The van der Waals surface area contributed by atoms with Crippen molar-refractivity contribution in [1.82, 2.24) is 0 Å². The lowest BCUT2D eigenvalue weighted by Gasteiger charge is -2.17. The first-order valence-electron chi connectivity index (χ1n) is 10.2. The zero-order chi connectivity index (χ0) is 21.6. The monoisotopic (exact) mass is 419 g/mol. The number of fused-ring (bicyclic) bond motifs is 1. The number of halogens is 1. The minimum atomic E-state index is -0.557. The Bertz CT molecular complexity index is 1190. The summed E-state index contributed by atoms with van der Waals surface area (Å²) in [6, 6.07) is 16.2. The van der Waals surface area contributed by atoms with Crippen LogP contribution in [0.1, 0.15) is 24.0 Å². The lowest BCUT2D eigenvalue weighted by atomic mass is 9.94. The normalized spacial score (nSPS) is 15.5. The van der Waals surface area contributed by atoms with Gasteiger partial charge in [0, 0.05) is 5.69 Å². The second-order valence-corrected chi connectivity index (χ2v) is 7.98. The Morgan fingerprint density at radius 1 is 1.03 bits per heavy atom. The molecule has 1 fully saturated rings. The molecule has 6 heteroatoms. The van der Waals surface area contributed by atoms with Gasteiger partial charge >= 0.3 is 0 Å². The van der Waals surface area contributed by atoms with Crippen molar-refractivity contribution in [1.29, 1.82) is 0 Å². The van der Waals surface area contributed by atoms with Crippen LogP contribution in [0.5, 0.6) is 17.2 Å². The SMILES string of the molecule is COc1ccc(-c2cc(NC(=O)C3(c4ccc5c(c4)OCO5)CC3)ccc2C)cc1F. The number of nitrogens with one attached hydrogen (secondary N) is 1. The first-order chi connectivity index (χ1) is 15.0. The second-order valence-electron chi connectivity index (χ2n) is 7.98. The van der Waals surface area contributed by atoms with Crippen LogP contribution in [0.25, 0.3) is 11.1 Å². The molecular formula is C25H22FNO4. The van der Waals surface area contributed by atoms with Crippen LogP contribution in [-0.2, 0) is 10.2 Å². The number of anilines is 1. The smallest absolute Gasteiger partial charge is 0.235 e. The Balaban J connectivity index is 1.41. The molecule has 0 atom stereocenters. The summed E-state index contributed by atoms with van der Waals surface area (Å²) in [6.07, 6.45) is 1.56. The van der Waals surface area contributed by atoms with Gasteiger partial charge in [-0.2, -0.15) is 0 Å². The molecule has 158 valence electrons. The van der Waals surface area contributed by atoms with Gasteiger partial charge in [-0.05, 0) is 78.4 Å². The van der Waals surface area contributed by atoms with E-state index in [-0.39, 0.29) is 18.4 Å². The highest BCUT2D eigenvalue weighted by Crippen LogP contribution is 2.51. The lowest BCUT2D eigenvalue weighted by Crippen LogP contribution is -2.27. The second kappa shape index (κ2) is 7.30. The highest BCUT2D eigenvalue weighted by Gasteiger charge is 2.51. The molecular weight excluding hydrogens is 397 g/mol. The van der Waals surface area contributed by atoms with Crippen molar-refractivity contribution in [2.45, 2.75) is 25.2 Å². The Morgan fingerprint density at radius 3 is 2.58 bits per heavy atom. The van der Waals surface area contributed by atoms with E-state index in [2.05, 4.69) is 5.32 Å². The van der Waals surface area contributed by atoms with E-state index in [1.807, 2.05) is 49.4 Å². The minimum Gasteiger partial charge on any atom is -0.494 e. The predicted octanol–water partition coefficient (Wildman–Crippen LogP) is 5.21. The Morgan fingerprint density at radius 2 is 1.84 bits per heavy atom. The number of rotatable bonds is 5. The van der Waals surface area contributed by atoms with E-state index >= 15 is 0 Å². The predicted molar refractivity (Wildman–Crippen MR) is 115 cm³/mol. The number of hydrogen-bond acceptors (Lipinski definition) is 4. The molecule has 1 saturated carbocycles. The van der Waals surface area contributed by atoms with Gasteiger partial charge in [0.05, 0.1) is 12.5 Å². The molecule has 3 aromatic carbocycles. The van der Waals surface area contributed by atoms with Crippen LogP contribution in [-0.4, -0.2) is 19.8 Å². The molecule has 1 N–H and O–H groups in total. The standard InChI is InChI=1S/C25H22FNO4/c1-15-3-6-18(13-19(15)16-4-7-21(29-2)20(26)11-16)27-24(28)25(9-10-25)17-5-8-22-23(12-17)31-14-30-22/h3-8,11-13H,9-10,14H2,1-2H3,(H,27,28). The number of aryl methyl sites for hydroxylation is 1. The number of benzene rings is 3. The Labute approximate surface area is 179 Å². The van der Waals surface area contributed by atoms with Crippen LogP contribution in [0, 0.1) is 12.7 Å². The molecule has 1 amide bonds. The molecule has 1 aliphatic carbocycles. The van der Waals surface area contributed by atoms with Crippen molar-refractivity contribution in [2.75, 3.05) is 19.2 Å². The molecule has 0 unspecified atom stereocenters. The molecule has 5 rings (SSSR count). The summed E-state index contributed by atoms with van der Waals surface area (Å²) in [5.74, 6) is 1.10. The Kier molecular flexibility index (Phi) is 4.58. The van der Waals surface area contributed by atoms with Crippen LogP contribution < -0.4 is 19.5 Å². The fraction of sp³-hybridized carbons (Fsp3) is 0.240. The summed E-state index contributed by atoms with van der Waals surface area (Å²) in [5, 5.41) is 3.06.